The van der Waals surface area contributed by atoms with Crippen LogP contribution < -0.4 is 5.32 Å². The minimum Gasteiger partial charge on any atom is -0.444 e. The Balaban J connectivity index is 0.000000180. The molecule has 6 atom stereocenters. The van der Waals surface area contributed by atoms with Crippen LogP contribution in [0, 0.1) is 11.6 Å². The average molecular weight is 891 g/mol. The highest BCUT2D eigenvalue weighted by atomic mass is 35.5. The van der Waals surface area contributed by atoms with E-state index in [1.165, 1.54) is 25.0 Å². The molecule has 2 aromatic rings. The average Bonchev–Trinajstić information content (AvgIpc) is 3.78. The van der Waals surface area contributed by atoms with Gasteiger partial charge in [0.15, 0.2) is 0 Å². The molecule has 6 heterocycles. The van der Waals surface area contributed by atoms with Gasteiger partial charge >= 0.3 is 12.2 Å². The maximum Gasteiger partial charge on any atom is 0.410 e. The van der Waals surface area contributed by atoms with Crippen LogP contribution in [0.4, 0.5) is 18.4 Å². The number of hydrogen-bond donors (Lipinski definition) is 2. The van der Waals surface area contributed by atoms with E-state index in [-0.39, 0.29) is 72.6 Å². The second-order valence-electron chi connectivity index (χ2n) is 20.1. The molecule has 6 unspecified atom stereocenters. The molecule has 6 bridgehead atoms. The van der Waals surface area contributed by atoms with Gasteiger partial charge in [0.2, 0.25) is 0 Å². The summed E-state index contributed by atoms with van der Waals surface area (Å²) in [7, 11) is 0. The lowest BCUT2D eigenvalue weighted by Crippen LogP contribution is -2.50. The Bertz CT molecular complexity index is 1680. The van der Waals surface area contributed by atoms with Crippen molar-refractivity contribution in [2.45, 2.75) is 210 Å². The molecular weight excluding hydrogens is 816 g/mol. The SMILES string of the molecule is CC(C)(C)OC(=O)N1C2CCC1CC(O)C2.CC(C)(C)OC(=O)N1C2CCC1CC(OCCCc1ccccc1F)C2.Cl.Fc1ccccc1CCCOC1CC2CCC(C1)N2. The molecule has 62 heavy (non-hydrogen) atoms. The first-order valence-electron chi connectivity index (χ1n) is 23.2. The van der Waals surface area contributed by atoms with Gasteiger partial charge in [-0.05, 0) is 168 Å². The Hall–Kier alpha value is -3.03. The Kier molecular flexibility index (Phi) is 18.3. The van der Waals surface area contributed by atoms with Crippen LogP contribution in [0.3, 0.4) is 0 Å². The normalized spacial score (nSPS) is 28.5. The number of ether oxygens (including phenoxy) is 4. The fourth-order valence-electron chi connectivity index (χ4n) is 10.2. The van der Waals surface area contributed by atoms with Crippen molar-refractivity contribution in [3.63, 3.8) is 0 Å². The van der Waals surface area contributed by atoms with Gasteiger partial charge in [-0.2, -0.15) is 0 Å². The molecule has 0 saturated carbocycles. The number of carbonyl (C=O) groups excluding carboxylic acids is 2. The highest BCUT2D eigenvalue weighted by Gasteiger charge is 2.46. The van der Waals surface area contributed by atoms with Crippen molar-refractivity contribution < 1.29 is 42.4 Å². The largest absolute Gasteiger partial charge is 0.444 e. The summed E-state index contributed by atoms with van der Waals surface area (Å²) in [6, 6.07) is 16.1. The number of amides is 2. The monoisotopic (exact) mass is 890 g/mol. The lowest BCUT2D eigenvalue weighted by molar-refractivity contribution is -0.0347. The first kappa shape index (κ1) is 50.0. The van der Waals surface area contributed by atoms with Gasteiger partial charge in [-0.15, -0.1) is 12.4 Å². The van der Waals surface area contributed by atoms with E-state index in [1.807, 2.05) is 75.6 Å². The smallest absolute Gasteiger partial charge is 0.410 e. The Labute approximate surface area is 375 Å². The van der Waals surface area contributed by atoms with Crippen molar-refractivity contribution in [3.8, 4) is 0 Å². The van der Waals surface area contributed by atoms with Crippen molar-refractivity contribution in [3.05, 3.63) is 71.3 Å². The zero-order valence-electron chi connectivity index (χ0n) is 38.0. The van der Waals surface area contributed by atoms with E-state index in [2.05, 4.69) is 5.32 Å². The molecule has 0 radical (unpaired) electrons. The summed E-state index contributed by atoms with van der Waals surface area (Å²) >= 11 is 0. The van der Waals surface area contributed by atoms with Crippen LogP contribution in [0.15, 0.2) is 48.5 Å². The minimum atomic E-state index is -0.462. The predicted molar refractivity (Wildman–Crippen MR) is 240 cm³/mol. The van der Waals surface area contributed by atoms with E-state index in [0.717, 1.165) is 88.4 Å². The van der Waals surface area contributed by atoms with Gasteiger partial charge in [-0.25, -0.2) is 18.4 Å². The molecule has 0 aromatic heterocycles. The first-order chi connectivity index (χ1) is 29.0. The van der Waals surface area contributed by atoms with E-state index in [0.29, 0.717) is 44.1 Å². The molecule has 2 N–H and O–H groups in total. The summed E-state index contributed by atoms with van der Waals surface area (Å²) < 4.78 is 50.0. The summed E-state index contributed by atoms with van der Waals surface area (Å²) in [4.78, 5) is 28.2. The molecule has 13 heteroatoms. The molecule has 2 aromatic carbocycles. The highest BCUT2D eigenvalue weighted by Crippen LogP contribution is 2.39. The number of fused-ring (bicyclic) bond motifs is 6. The van der Waals surface area contributed by atoms with Gasteiger partial charge in [0.05, 0.1) is 18.3 Å². The molecule has 348 valence electrons. The maximum atomic E-state index is 13.6. The van der Waals surface area contributed by atoms with Crippen molar-refractivity contribution >= 4 is 24.6 Å². The van der Waals surface area contributed by atoms with Crippen LogP contribution in [-0.4, -0.2) is 106 Å². The second kappa shape index (κ2) is 22.7. The lowest BCUT2D eigenvalue weighted by atomic mass is 10.00. The first-order valence-corrected chi connectivity index (χ1v) is 23.2. The Morgan fingerprint density at radius 1 is 0.613 bits per heavy atom. The topological polar surface area (TPSA) is 110 Å². The predicted octanol–water partition coefficient (Wildman–Crippen LogP) is 10.1. The number of rotatable bonds is 10. The van der Waals surface area contributed by atoms with E-state index < -0.39 is 11.2 Å². The van der Waals surface area contributed by atoms with Gasteiger partial charge < -0.3 is 39.2 Å². The number of aliphatic hydroxyl groups is 1. The fourth-order valence-corrected chi connectivity index (χ4v) is 10.2. The van der Waals surface area contributed by atoms with Gasteiger partial charge in [-0.3, -0.25) is 0 Å². The Morgan fingerprint density at radius 2 is 0.984 bits per heavy atom. The van der Waals surface area contributed by atoms with Gasteiger partial charge in [0, 0.05) is 49.5 Å². The molecule has 2 amide bonds. The number of benzene rings is 2. The third kappa shape index (κ3) is 14.8. The van der Waals surface area contributed by atoms with Crippen molar-refractivity contribution in [1.29, 1.82) is 0 Å². The molecule has 0 aliphatic carbocycles. The summed E-state index contributed by atoms with van der Waals surface area (Å²) in [6.07, 6.45) is 15.2. The van der Waals surface area contributed by atoms with E-state index in [1.54, 1.807) is 12.1 Å². The highest BCUT2D eigenvalue weighted by molar-refractivity contribution is 5.85. The number of nitrogens with one attached hydrogen (secondary N) is 1. The minimum absolute atomic E-state index is 0. The molecule has 6 aliphatic heterocycles. The van der Waals surface area contributed by atoms with Crippen LogP contribution in [0.5, 0.6) is 0 Å². The molecule has 8 rings (SSSR count). The quantitative estimate of drug-likeness (QED) is 0.227. The molecule has 10 nitrogen and oxygen atoms in total. The standard InChI is InChI=1S/C21H30FNO3.C16H22FNO.C12H21NO3.ClH/c1-21(2,3)26-20(24)23-16-10-11-17(23)14-18(13-16)25-12-6-8-15-7-4-5-9-19(15)22;17-16-6-2-1-4-12(16)5-3-9-19-15-10-13-7-8-14(11-15)18-13;1-12(2,3)16-11(15)13-8-4-5-9(13)7-10(14)6-8;/h4-5,7,9,16-18H,6,8,10-14H2,1-3H3;1-2,4,6,13-15,18H,3,5,7-11H2;8-10,14H,4-7H2,1-3H3;1H. The number of hydrogen-bond acceptors (Lipinski definition) is 8. The number of piperidine rings is 3. The zero-order valence-corrected chi connectivity index (χ0v) is 38.8. The van der Waals surface area contributed by atoms with Crippen molar-refractivity contribution in [1.82, 2.24) is 15.1 Å². The van der Waals surface area contributed by atoms with Crippen molar-refractivity contribution in [2.24, 2.45) is 0 Å². The molecule has 6 fully saturated rings. The number of carbonyl (C=O) groups is 2. The second-order valence-corrected chi connectivity index (χ2v) is 20.1. The Morgan fingerprint density at radius 3 is 1.37 bits per heavy atom. The summed E-state index contributed by atoms with van der Waals surface area (Å²) in [5, 5.41) is 13.3. The number of halogens is 3. The summed E-state index contributed by atoms with van der Waals surface area (Å²) in [6.45, 7) is 12.7. The third-order valence-corrected chi connectivity index (χ3v) is 12.8. The van der Waals surface area contributed by atoms with Crippen LogP contribution in [0.25, 0.3) is 0 Å². The van der Waals surface area contributed by atoms with Gasteiger partial charge in [-0.1, -0.05) is 36.4 Å². The number of nitrogens with zero attached hydrogens (tertiary/aromatic N) is 2. The molecular formula is C49H74ClF2N3O7. The van der Waals surface area contributed by atoms with E-state index >= 15 is 0 Å². The van der Waals surface area contributed by atoms with Crippen LogP contribution in [-0.2, 0) is 31.8 Å². The fraction of sp³-hybridized carbons (Fsp3) is 0.714. The van der Waals surface area contributed by atoms with Crippen LogP contribution >= 0.6 is 12.4 Å². The van der Waals surface area contributed by atoms with E-state index in [4.69, 9.17) is 18.9 Å². The van der Waals surface area contributed by atoms with Gasteiger partial charge in [0.25, 0.3) is 0 Å². The molecule has 0 spiro atoms. The number of aliphatic hydroxyl groups excluding tert-OH is 1. The molecule has 6 saturated heterocycles. The third-order valence-electron chi connectivity index (χ3n) is 12.8. The number of aryl methyl sites for hydroxylation is 2. The lowest BCUT2D eigenvalue weighted by Gasteiger charge is -2.39. The summed E-state index contributed by atoms with van der Waals surface area (Å²) in [5.74, 6) is -0.237. The summed E-state index contributed by atoms with van der Waals surface area (Å²) in [5.41, 5.74) is 0.649. The zero-order chi connectivity index (χ0) is 43.7. The maximum absolute atomic E-state index is 13.6. The van der Waals surface area contributed by atoms with Crippen LogP contribution in [0.2, 0.25) is 0 Å². The van der Waals surface area contributed by atoms with E-state index in [9.17, 15) is 23.5 Å². The van der Waals surface area contributed by atoms with Crippen molar-refractivity contribution in [2.75, 3.05) is 13.2 Å². The van der Waals surface area contributed by atoms with Crippen LogP contribution in [0.1, 0.15) is 143 Å². The van der Waals surface area contributed by atoms with Gasteiger partial charge in [0.1, 0.15) is 22.8 Å². The molecule has 6 aliphatic rings.